The fraction of sp³-hybridized carbons (Fsp3) is 0.300. The van der Waals surface area contributed by atoms with Gasteiger partial charge in [-0.05, 0) is 48.7 Å². The quantitative estimate of drug-likeness (QED) is 0.669. The molecule has 1 amide bonds. The third kappa shape index (κ3) is 5.88. The molecule has 0 saturated heterocycles. The van der Waals surface area contributed by atoms with E-state index in [0.29, 0.717) is 11.4 Å². The van der Waals surface area contributed by atoms with Crippen molar-refractivity contribution in [1.82, 2.24) is 0 Å². The van der Waals surface area contributed by atoms with Crippen molar-refractivity contribution in [2.24, 2.45) is 0 Å². The molecule has 0 bridgehead atoms. The Bertz CT molecular complexity index is 759. The molecule has 6 heteroatoms. The number of carbonyl (C=O) groups is 2. The van der Waals surface area contributed by atoms with Crippen LogP contribution in [-0.4, -0.2) is 24.6 Å². The van der Waals surface area contributed by atoms with E-state index in [-0.39, 0.29) is 12.5 Å². The van der Waals surface area contributed by atoms with Gasteiger partial charge in [-0.1, -0.05) is 48.0 Å². The normalized spacial score (nSPS) is 11.7. The summed E-state index contributed by atoms with van der Waals surface area (Å²) in [6.45, 7) is 5.37. The van der Waals surface area contributed by atoms with Crippen LogP contribution in [0.3, 0.4) is 0 Å². The number of hydrogen-bond acceptors (Lipinski definition) is 4. The lowest BCUT2D eigenvalue weighted by Crippen LogP contribution is -2.31. The van der Waals surface area contributed by atoms with Crippen molar-refractivity contribution in [3.05, 3.63) is 58.6 Å². The zero-order valence-electron chi connectivity index (χ0n) is 15.0. The third-order valence-electron chi connectivity index (χ3n) is 3.68. The number of ether oxygens (including phenoxy) is 2. The van der Waals surface area contributed by atoms with E-state index in [4.69, 9.17) is 9.47 Å². The molecule has 2 aromatic rings. The number of benzene rings is 2. The summed E-state index contributed by atoms with van der Waals surface area (Å²) in [6.07, 6.45) is -0.921. The molecule has 0 aliphatic rings. The second kappa shape index (κ2) is 9.38. The molecule has 0 fully saturated rings. The Morgan fingerprint density at radius 3 is 2.35 bits per heavy atom. The van der Waals surface area contributed by atoms with Gasteiger partial charge in [0.15, 0.2) is 12.7 Å². The van der Waals surface area contributed by atoms with Crippen molar-refractivity contribution in [3.8, 4) is 5.75 Å². The van der Waals surface area contributed by atoms with E-state index in [0.717, 1.165) is 10.0 Å². The molecule has 2 rings (SSSR count). The lowest BCUT2D eigenvalue weighted by atomic mass is 10.0. The minimum Gasteiger partial charge on any atom is -0.482 e. The maximum Gasteiger partial charge on any atom is 0.344 e. The van der Waals surface area contributed by atoms with Crippen LogP contribution in [0.15, 0.2) is 53.0 Å². The molecule has 138 valence electrons. The Balaban J connectivity index is 1.85. The number of hydrogen-bond donors (Lipinski definition) is 1. The van der Waals surface area contributed by atoms with Crippen molar-refractivity contribution in [2.45, 2.75) is 32.8 Å². The van der Waals surface area contributed by atoms with Crippen LogP contribution in [0.1, 0.15) is 32.3 Å². The molecule has 5 nitrogen and oxygen atoms in total. The molecular formula is C20H22BrNO4. The Kier molecular flexibility index (Phi) is 7.21. The number of anilines is 1. The van der Waals surface area contributed by atoms with Gasteiger partial charge in [0.2, 0.25) is 0 Å². The largest absolute Gasteiger partial charge is 0.482 e. The van der Waals surface area contributed by atoms with E-state index in [9.17, 15) is 9.59 Å². The first-order valence-corrected chi connectivity index (χ1v) is 9.13. The zero-order valence-corrected chi connectivity index (χ0v) is 16.6. The van der Waals surface area contributed by atoms with Gasteiger partial charge < -0.3 is 14.8 Å². The topological polar surface area (TPSA) is 64.6 Å². The summed E-state index contributed by atoms with van der Waals surface area (Å²) in [6, 6.07) is 14.7. The van der Waals surface area contributed by atoms with E-state index in [1.54, 1.807) is 12.1 Å². The predicted octanol–water partition coefficient (Wildman–Crippen LogP) is 4.52. The fourth-order valence-electron chi connectivity index (χ4n) is 2.29. The molecule has 0 unspecified atom stereocenters. The highest BCUT2D eigenvalue weighted by atomic mass is 79.9. The van der Waals surface area contributed by atoms with Crippen molar-refractivity contribution in [3.63, 3.8) is 0 Å². The first-order chi connectivity index (χ1) is 12.4. The molecule has 0 saturated carbocycles. The van der Waals surface area contributed by atoms with Crippen molar-refractivity contribution < 1.29 is 19.1 Å². The molecule has 0 radical (unpaired) electrons. The summed E-state index contributed by atoms with van der Waals surface area (Å²) in [5.41, 5.74) is 1.64. The van der Waals surface area contributed by atoms with Gasteiger partial charge in [-0.15, -0.1) is 0 Å². The first kappa shape index (κ1) is 20.0. The summed E-state index contributed by atoms with van der Waals surface area (Å²) >= 11 is 3.33. The highest BCUT2D eigenvalue weighted by Gasteiger charge is 2.19. The molecule has 1 N–H and O–H groups in total. The highest BCUT2D eigenvalue weighted by Crippen LogP contribution is 2.25. The van der Waals surface area contributed by atoms with Gasteiger partial charge in [0.1, 0.15) is 5.75 Å². The van der Waals surface area contributed by atoms with Crippen LogP contribution in [0.2, 0.25) is 0 Å². The molecule has 1 atom stereocenters. The van der Waals surface area contributed by atoms with E-state index < -0.39 is 18.0 Å². The number of esters is 1. The third-order valence-corrected chi connectivity index (χ3v) is 4.20. The minimum atomic E-state index is -0.921. The van der Waals surface area contributed by atoms with Crippen LogP contribution in [0.25, 0.3) is 0 Å². The summed E-state index contributed by atoms with van der Waals surface area (Å²) in [5.74, 6) is -0.0745. The van der Waals surface area contributed by atoms with Crippen LogP contribution >= 0.6 is 15.9 Å². The van der Waals surface area contributed by atoms with E-state index in [1.807, 2.05) is 36.4 Å². The lowest BCUT2D eigenvalue weighted by molar-refractivity contribution is -0.155. The smallest absolute Gasteiger partial charge is 0.344 e. The molecule has 0 heterocycles. The minimum absolute atomic E-state index is 0.250. The summed E-state index contributed by atoms with van der Waals surface area (Å²) in [5, 5.41) is 2.69. The van der Waals surface area contributed by atoms with Gasteiger partial charge in [0, 0.05) is 10.2 Å². The number of carbonyl (C=O) groups excluding carboxylic acids is 2. The lowest BCUT2D eigenvalue weighted by Gasteiger charge is -2.16. The van der Waals surface area contributed by atoms with Crippen LogP contribution in [0.4, 0.5) is 5.69 Å². The maximum absolute atomic E-state index is 12.1. The van der Waals surface area contributed by atoms with Crippen LogP contribution in [0.5, 0.6) is 5.75 Å². The first-order valence-electron chi connectivity index (χ1n) is 8.34. The van der Waals surface area contributed by atoms with E-state index in [2.05, 4.69) is 35.1 Å². The van der Waals surface area contributed by atoms with E-state index in [1.165, 1.54) is 6.92 Å². The van der Waals surface area contributed by atoms with Crippen molar-refractivity contribution >= 4 is 33.5 Å². The Morgan fingerprint density at radius 2 is 1.69 bits per heavy atom. The molecule has 0 aliphatic carbocycles. The number of para-hydroxylation sites is 1. The number of rotatable bonds is 7. The van der Waals surface area contributed by atoms with Gasteiger partial charge in [-0.25, -0.2) is 4.79 Å². The average Bonchev–Trinajstić information content (AvgIpc) is 2.62. The molecule has 26 heavy (non-hydrogen) atoms. The van der Waals surface area contributed by atoms with Gasteiger partial charge in [-0.3, -0.25) is 4.79 Å². The molecule has 2 aromatic carbocycles. The SMILES string of the molecule is CC(C)c1ccccc1OCC(=O)O[C@@H](C)C(=O)Nc1ccc(Br)cc1. The average molecular weight is 420 g/mol. The maximum atomic E-state index is 12.1. The van der Waals surface area contributed by atoms with Crippen LogP contribution < -0.4 is 10.1 Å². The van der Waals surface area contributed by atoms with Gasteiger partial charge in [0.05, 0.1) is 0 Å². The second-order valence-electron chi connectivity index (χ2n) is 6.11. The molecule has 0 spiro atoms. The summed E-state index contributed by atoms with van der Waals surface area (Å²) < 4.78 is 11.6. The highest BCUT2D eigenvalue weighted by molar-refractivity contribution is 9.10. The van der Waals surface area contributed by atoms with Crippen LogP contribution in [-0.2, 0) is 14.3 Å². The monoisotopic (exact) mass is 419 g/mol. The summed E-state index contributed by atoms with van der Waals surface area (Å²) in [7, 11) is 0. The predicted molar refractivity (Wildman–Crippen MR) is 104 cm³/mol. The summed E-state index contributed by atoms with van der Waals surface area (Å²) in [4.78, 5) is 24.1. The van der Waals surface area contributed by atoms with Gasteiger partial charge >= 0.3 is 5.97 Å². The van der Waals surface area contributed by atoms with Gasteiger partial charge in [-0.2, -0.15) is 0 Å². The number of halogens is 1. The Labute approximate surface area is 161 Å². The van der Waals surface area contributed by atoms with Crippen molar-refractivity contribution in [2.75, 3.05) is 11.9 Å². The van der Waals surface area contributed by atoms with E-state index >= 15 is 0 Å². The zero-order chi connectivity index (χ0) is 19.1. The number of amides is 1. The Morgan fingerprint density at radius 1 is 1.04 bits per heavy atom. The molecular weight excluding hydrogens is 398 g/mol. The van der Waals surface area contributed by atoms with Gasteiger partial charge in [0.25, 0.3) is 5.91 Å². The second-order valence-corrected chi connectivity index (χ2v) is 7.03. The molecule has 0 aromatic heterocycles. The standard InChI is InChI=1S/C20H22BrNO4/c1-13(2)17-6-4-5-7-18(17)25-12-19(23)26-14(3)20(24)22-16-10-8-15(21)9-11-16/h4-11,13-14H,12H2,1-3H3,(H,22,24)/t14-/m0/s1. The van der Waals surface area contributed by atoms with Crippen LogP contribution in [0, 0.1) is 0 Å². The molecule has 0 aliphatic heterocycles. The number of nitrogens with one attached hydrogen (secondary N) is 1. The Hall–Kier alpha value is -2.34. The fourth-order valence-corrected chi connectivity index (χ4v) is 2.55. The van der Waals surface area contributed by atoms with Crippen molar-refractivity contribution in [1.29, 1.82) is 0 Å².